The van der Waals surface area contributed by atoms with Gasteiger partial charge in [-0.3, -0.25) is 0 Å². The van der Waals surface area contributed by atoms with E-state index in [4.69, 9.17) is 0 Å². The van der Waals surface area contributed by atoms with Crippen LogP contribution < -0.4 is 10.4 Å². The Morgan fingerprint density at radius 1 is 1.07 bits per heavy atom. The molecule has 1 aromatic carbocycles. The molecule has 1 aromatic rings. The fourth-order valence-corrected chi connectivity index (χ4v) is 2.17. The molecule has 0 aliphatic rings. The third-order valence-corrected chi connectivity index (χ3v) is 2.94. The first-order valence-electron chi connectivity index (χ1n) is 6.05. The molecule has 0 amide bonds. The second kappa shape index (κ2) is 5.75. The number of rotatable bonds is 3. The number of hydrogen-bond acceptors (Lipinski definition) is 0. The molecule has 0 nitrogen and oxygen atoms in total. The van der Waals surface area contributed by atoms with Crippen molar-refractivity contribution in [1.29, 1.82) is 0 Å². The maximum atomic E-state index is 2.35. The van der Waals surface area contributed by atoms with Crippen molar-refractivity contribution < 1.29 is 0 Å². The molecule has 0 radical (unpaired) electrons. The Bertz CT molecular complexity index is 424. The first kappa shape index (κ1) is 12.0. The molecule has 0 heteroatoms. The molecule has 0 atom stereocenters. The lowest BCUT2D eigenvalue weighted by atomic mass is 9.98. The van der Waals surface area contributed by atoms with Crippen molar-refractivity contribution >= 4 is 12.2 Å². The van der Waals surface area contributed by atoms with Gasteiger partial charge in [-0.05, 0) is 47.8 Å². The molecule has 0 unspecified atom stereocenters. The van der Waals surface area contributed by atoms with Gasteiger partial charge in [-0.25, -0.2) is 0 Å². The summed E-state index contributed by atoms with van der Waals surface area (Å²) in [4.78, 5) is 0. The number of hydrogen-bond donors (Lipinski definition) is 0. The van der Waals surface area contributed by atoms with Crippen LogP contribution in [0, 0.1) is 0 Å². The van der Waals surface area contributed by atoms with Crippen LogP contribution in [0.5, 0.6) is 0 Å². The van der Waals surface area contributed by atoms with Gasteiger partial charge in [-0.15, -0.1) is 0 Å². The van der Waals surface area contributed by atoms with E-state index in [9.17, 15) is 0 Å². The minimum absolute atomic E-state index is 1.11. The lowest BCUT2D eigenvalue weighted by Crippen LogP contribution is -2.29. The van der Waals surface area contributed by atoms with E-state index in [2.05, 4.69) is 52.0 Å². The van der Waals surface area contributed by atoms with E-state index in [-0.39, 0.29) is 0 Å². The van der Waals surface area contributed by atoms with E-state index >= 15 is 0 Å². The molecule has 0 saturated carbocycles. The van der Waals surface area contributed by atoms with Crippen LogP contribution in [0.15, 0.2) is 12.1 Å². The van der Waals surface area contributed by atoms with E-state index < -0.39 is 0 Å². The quantitative estimate of drug-likeness (QED) is 0.707. The molecule has 0 heterocycles. The van der Waals surface area contributed by atoms with E-state index in [0.29, 0.717) is 0 Å². The van der Waals surface area contributed by atoms with Crippen molar-refractivity contribution in [3.63, 3.8) is 0 Å². The molecule has 0 N–H and O–H groups in total. The SMILES string of the molecule is CC=c1ccc(CC)c(CC)c1=CCC. The van der Waals surface area contributed by atoms with E-state index in [1.165, 1.54) is 21.6 Å². The molecule has 0 aliphatic carbocycles. The Balaban J connectivity index is 3.61. The highest BCUT2D eigenvalue weighted by Crippen LogP contribution is 2.04. The van der Waals surface area contributed by atoms with Crippen LogP contribution in [-0.2, 0) is 12.8 Å². The van der Waals surface area contributed by atoms with Crippen molar-refractivity contribution in [2.75, 3.05) is 0 Å². The van der Waals surface area contributed by atoms with Crippen molar-refractivity contribution in [2.24, 2.45) is 0 Å². The number of aryl methyl sites for hydroxylation is 1. The Kier molecular flexibility index (Phi) is 4.61. The van der Waals surface area contributed by atoms with Crippen molar-refractivity contribution in [3.8, 4) is 0 Å². The van der Waals surface area contributed by atoms with Crippen molar-refractivity contribution in [1.82, 2.24) is 0 Å². The van der Waals surface area contributed by atoms with Crippen LogP contribution in [0.4, 0.5) is 0 Å². The lowest BCUT2D eigenvalue weighted by Gasteiger charge is -2.07. The molecule has 0 aliphatic heterocycles. The zero-order valence-corrected chi connectivity index (χ0v) is 10.4. The van der Waals surface area contributed by atoms with Gasteiger partial charge >= 0.3 is 0 Å². The number of benzene rings is 1. The third kappa shape index (κ3) is 2.50. The summed E-state index contributed by atoms with van der Waals surface area (Å²) in [5, 5.41) is 2.84. The minimum Gasteiger partial charge on any atom is -0.0798 e. The average molecular weight is 202 g/mol. The Morgan fingerprint density at radius 2 is 1.80 bits per heavy atom. The van der Waals surface area contributed by atoms with Crippen molar-refractivity contribution in [2.45, 2.75) is 47.0 Å². The third-order valence-electron chi connectivity index (χ3n) is 2.94. The van der Waals surface area contributed by atoms with Crippen LogP contribution >= 0.6 is 0 Å². The van der Waals surface area contributed by atoms with E-state index in [1.54, 1.807) is 0 Å². The van der Waals surface area contributed by atoms with E-state index in [0.717, 1.165) is 19.3 Å². The summed E-state index contributed by atoms with van der Waals surface area (Å²) in [6, 6.07) is 4.53. The van der Waals surface area contributed by atoms with Crippen LogP contribution in [0.2, 0.25) is 0 Å². The molecule has 1 rings (SSSR count). The van der Waals surface area contributed by atoms with Gasteiger partial charge in [0.05, 0.1) is 0 Å². The average Bonchev–Trinajstić information content (AvgIpc) is 2.28. The summed E-state index contributed by atoms with van der Waals surface area (Å²) in [7, 11) is 0. The fraction of sp³-hybridized carbons (Fsp3) is 0.467. The van der Waals surface area contributed by atoms with E-state index in [1.807, 2.05) is 0 Å². The van der Waals surface area contributed by atoms with Crippen LogP contribution in [0.3, 0.4) is 0 Å². The summed E-state index contributed by atoms with van der Waals surface area (Å²) in [6.07, 6.45) is 7.95. The molecule has 0 aromatic heterocycles. The molecule has 0 saturated heterocycles. The monoisotopic (exact) mass is 202 g/mol. The summed E-state index contributed by atoms with van der Waals surface area (Å²) in [5.74, 6) is 0. The molecule has 0 fully saturated rings. The van der Waals surface area contributed by atoms with Crippen LogP contribution in [0.25, 0.3) is 12.2 Å². The predicted molar refractivity (Wildman–Crippen MR) is 69.3 cm³/mol. The topological polar surface area (TPSA) is 0 Å². The summed E-state index contributed by atoms with van der Waals surface area (Å²) < 4.78 is 0. The smallest absolute Gasteiger partial charge is 0.0193 e. The maximum absolute atomic E-state index is 2.35. The Hall–Kier alpha value is -1.04. The van der Waals surface area contributed by atoms with Gasteiger partial charge in [-0.2, -0.15) is 0 Å². The van der Waals surface area contributed by atoms with Gasteiger partial charge < -0.3 is 0 Å². The molecular weight excluding hydrogens is 180 g/mol. The molecule has 0 bridgehead atoms. The predicted octanol–water partition coefficient (Wildman–Crippen LogP) is 2.80. The largest absolute Gasteiger partial charge is 0.0798 e. The first-order chi connectivity index (χ1) is 7.28. The first-order valence-corrected chi connectivity index (χ1v) is 6.05. The highest BCUT2D eigenvalue weighted by molar-refractivity contribution is 5.39. The van der Waals surface area contributed by atoms with Gasteiger partial charge in [-0.1, -0.05) is 45.1 Å². The van der Waals surface area contributed by atoms with Crippen LogP contribution in [0.1, 0.15) is 45.2 Å². The zero-order valence-electron chi connectivity index (χ0n) is 10.4. The summed E-state index contributed by atoms with van der Waals surface area (Å²) in [5.41, 5.74) is 3.04. The summed E-state index contributed by atoms with van der Waals surface area (Å²) in [6.45, 7) is 8.81. The highest BCUT2D eigenvalue weighted by atomic mass is 14.1. The lowest BCUT2D eigenvalue weighted by molar-refractivity contribution is 1.02. The second-order valence-corrected chi connectivity index (χ2v) is 3.81. The zero-order chi connectivity index (χ0) is 11.3. The van der Waals surface area contributed by atoms with Gasteiger partial charge in [0.15, 0.2) is 0 Å². The normalized spacial score (nSPS) is 13.6. The van der Waals surface area contributed by atoms with Gasteiger partial charge in [0.25, 0.3) is 0 Å². The molecular formula is C15H22. The molecule has 0 spiro atoms. The molecule has 15 heavy (non-hydrogen) atoms. The van der Waals surface area contributed by atoms with Gasteiger partial charge in [0.1, 0.15) is 0 Å². The fourth-order valence-electron chi connectivity index (χ4n) is 2.17. The Morgan fingerprint density at radius 3 is 2.27 bits per heavy atom. The van der Waals surface area contributed by atoms with Crippen molar-refractivity contribution in [3.05, 3.63) is 33.7 Å². The van der Waals surface area contributed by atoms with Gasteiger partial charge in [0, 0.05) is 0 Å². The molecule has 82 valence electrons. The maximum Gasteiger partial charge on any atom is -0.0193 e. The van der Waals surface area contributed by atoms with Gasteiger partial charge in [0.2, 0.25) is 0 Å². The summed E-state index contributed by atoms with van der Waals surface area (Å²) >= 11 is 0. The second-order valence-electron chi connectivity index (χ2n) is 3.81. The highest BCUT2D eigenvalue weighted by Gasteiger charge is 2.00. The van der Waals surface area contributed by atoms with Crippen LogP contribution in [-0.4, -0.2) is 0 Å². The Labute approximate surface area is 93.3 Å². The minimum atomic E-state index is 1.11. The standard InChI is InChI=1S/C15H22/c1-5-9-15-13(7-3)11-10-12(6-2)14(15)8-4/h7,9-11H,5-6,8H2,1-4H3.